The lowest BCUT2D eigenvalue weighted by Crippen LogP contribution is -2.26. The Labute approximate surface area is 160 Å². The molecule has 0 unspecified atom stereocenters. The van der Waals surface area contributed by atoms with Gasteiger partial charge < -0.3 is 5.32 Å². The molecule has 8 nitrogen and oxygen atoms in total. The van der Waals surface area contributed by atoms with E-state index in [0.29, 0.717) is 29.1 Å². The maximum atomic E-state index is 11.9. The number of rotatable bonds is 8. The summed E-state index contributed by atoms with van der Waals surface area (Å²) in [7, 11) is 0. The predicted molar refractivity (Wildman–Crippen MR) is 102 cm³/mol. The summed E-state index contributed by atoms with van der Waals surface area (Å²) in [5.41, 5.74) is 3.16. The molecule has 0 bridgehead atoms. The molecule has 140 valence electrons. The van der Waals surface area contributed by atoms with Crippen LogP contribution in [0.2, 0.25) is 5.02 Å². The largest absolute Gasteiger partial charge is 0.352 e. The second-order valence-corrected chi connectivity index (χ2v) is 5.89. The minimum absolute atomic E-state index is 0.0560. The van der Waals surface area contributed by atoms with Gasteiger partial charge in [0.25, 0.3) is 11.6 Å². The summed E-state index contributed by atoms with van der Waals surface area (Å²) in [4.78, 5) is 33.8. The zero-order valence-corrected chi connectivity index (χ0v) is 15.0. The number of hydrazone groups is 1. The number of halogens is 1. The van der Waals surface area contributed by atoms with Crippen molar-refractivity contribution in [3.8, 4) is 0 Å². The van der Waals surface area contributed by atoms with E-state index in [2.05, 4.69) is 15.8 Å². The smallest absolute Gasteiger partial charge is 0.270 e. The molecule has 0 spiro atoms. The zero-order chi connectivity index (χ0) is 19.6. The molecule has 0 radical (unpaired) electrons. The summed E-state index contributed by atoms with van der Waals surface area (Å²) in [5, 5.41) is 17.5. The number of benzene rings is 2. The molecule has 0 aliphatic rings. The van der Waals surface area contributed by atoms with Crippen molar-refractivity contribution >= 4 is 35.3 Å². The number of non-ortho nitro benzene ring substituents is 1. The molecule has 0 aliphatic carbocycles. The number of hydrogen-bond acceptors (Lipinski definition) is 5. The number of carbonyl (C=O) groups is 2. The number of nitrogens with one attached hydrogen (secondary N) is 2. The molecule has 9 heteroatoms. The number of nitro groups is 1. The van der Waals surface area contributed by atoms with Crippen LogP contribution < -0.4 is 10.7 Å². The average Bonchev–Trinajstić information content (AvgIpc) is 2.65. The van der Waals surface area contributed by atoms with Crippen molar-refractivity contribution < 1.29 is 14.5 Å². The van der Waals surface area contributed by atoms with Crippen LogP contribution in [-0.4, -0.2) is 29.5 Å². The van der Waals surface area contributed by atoms with Crippen LogP contribution in [0, 0.1) is 10.1 Å². The van der Waals surface area contributed by atoms with Gasteiger partial charge in [-0.05, 0) is 18.6 Å². The molecule has 0 heterocycles. The molecule has 2 aromatic rings. The number of carbonyl (C=O) groups excluding carboxylic acids is 2. The lowest BCUT2D eigenvalue weighted by Gasteiger charge is -2.06. The summed E-state index contributed by atoms with van der Waals surface area (Å²) in [6.07, 6.45) is 1.91. The Morgan fingerprint density at radius 3 is 2.70 bits per heavy atom. The van der Waals surface area contributed by atoms with Crippen LogP contribution in [0.15, 0.2) is 53.6 Å². The fraction of sp³-hybridized carbons (Fsp3) is 0.167. The number of amides is 2. The van der Waals surface area contributed by atoms with Crippen LogP contribution in [0.25, 0.3) is 0 Å². The normalized spacial score (nSPS) is 10.6. The van der Waals surface area contributed by atoms with Crippen LogP contribution in [0.4, 0.5) is 5.69 Å². The Balaban J connectivity index is 1.70. The third-order valence-electron chi connectivity index (χ3n) is 3.47. The van der Waals surface area contributed by atoms with Crippen LogP contribution >= 0.6 is 11.6 Å². The van der Waals surface area contributed by atoms with E-state index in [1.54, 1.807) is 30.3 Å². The number of nitro benzene ring substituents is 1. The van der Waals surface area contributed by atoms with Gasteiger partial charge in [0.2, 0.25) is 5.91 Å². The van der Waals surface area contributed by atoms with E-state index in [9.17, 15) is 19.7 Å². The third-order valence-corrected chi connectivity index (χ3v) is 3.80. The summed E-state index contributed by atoms with van der Waals surface area (Å²) >= 11 is 5.94. The highest BCUT2D eigenvalue weighted by Gasteiger charge is 2.09. The fourth-order valence-corrected chi connectivity index (χ4v) is 2.37. The quantitative estimate of drug-likeness (QED) is 0.313. The van der Waals surface area contributed by atoms with Gasteiger partial charge >= 0.3 is 0 Å². The Morgan fingerprint density at radius 1 is 1.19 bits per heavy atom. The maximum Gasteiger partial charge on any atom is 0.270 e. The summed E-state index contributed by atoms with van der Waals surface area (Å²) in [5.74, 6) is -0.631. The Kier molecular flexibility index (Phi) is 7.45. The van der Waals surface area contributed by atoms with Gasteiger partial charge in [0.15, 0.2) is 0 Å². The molecular formula is C18H17ClN4O4. The lowest BCUT2D eigenvalue weighted by molar-refractivity contribution is -0.384. The van der Waals surface area contributed by atoms with Gasteiger partial charge in [-0.2, -0.15) is 5.10 Å². The molecule has 2 rings (SSSR count). The van der Waals surface area contributed by atoms with E-state index in [4.69, 9.17) is 11.6 Å². The predicted octanol–water partition coefficient (Wildman–Crippen LogP) is 2.91. The van der Waals surface area contributed by atoms with Gasteiger partial charge in [0.05, 0.1) is 21.7 Å². The average molecular weight is 389 g/mol. The first kappa shape index (κ1) is 20.1. The van der Waals surface area contributed by atoms with Crippen LogP contribution in [0.1, 0.15) is 28.8 Å². The molecular weight excluding hydrogens is 372 g/mol. The van der Waals surface area contributed by atoms with Crippen molar-refractivity contribution in [2.75, 3.05) is 6.54 Å². The van der Waals surface area contributed by atoms with E-state index in [1.165, 1.54) is 24.4 Å². The molecule has 0 saturated heterocycles. The van der Waals surface area contributed by atoms with Crippen molar-refractivity contribution in [1.82, 2.24) is 10.7 Å². The van der Waals surface area contributed by atoms with Gasteiger partial charge in [-0.25, -0.2) is 5.43 Å². The van der Waals surface area contributed by atoms with Crippen molar-refractivity contribution in [3.63, 3.8) is 0 Å². The minimum atomic E-state index is -0.507. The molecule has 2 N–H and O–H groups in total. The molecule has 0 fully saturated rings. The first-order valence-electron chi connectivity index (χ1n) is 8.06. The highest BCUT2D eigenvalue weighted by molar-refractivity contribution is 6.33. The highest BCUT2D eigenvalue weighted by atomic mass is 35.5. The van der Waals surface area contributed by atoms with E-state index in [1.807, 2.05) is 0 Å². The molecule has 0 saturated carbocycles. The minimum Gasteiger partial charge on any atom is -0.352 e. The van der Waals surface area contributed by atoms with E-state index < -0.39 is 4.92 Å². The van der Waals surface area contributed by atoms with Crippen LogP contribution in [-0.2, 0) is 4.79 Å². The SMILES string of the molecule is O=C(CCCNC(=O)c1ccccc1Cl)N/N=C/c1cccc([N+](=O)[O-])c1. The first-order chi connectivity index (χ1) is 13.0. The summed E-state index contributed by atoms with van der Waals surface area (Å²) in [6.45, 7) is 0.312. The Morgan fingerprint density at radius 2 is 1.96 bits per heavy atom. The zero-order valence-electron chi connectivity index (χ0n) is 14.2. The van der Waals surface area contributed by atoms with Crippen molar-refractivity contribution in [3.05, 3.63) is 74.8 Å². The number of hydrogen-bond donors (Lipinski definition) is 2. The second kappa shape index (κ2) is 10.0. The first-order valence-corrected chi connectivity index (χ1v) is 8.44. The molecule has 27 heavy (non-hydrogen) atoms. The van der Waals surface area contributed by atoms with E-state index >= 15 is 0 Å². The van der Waals surface area contributed by atoms with Gasteiger partial charge in [-0.15, -0.1) is 0 Å². The second-order valence-electron chi connectivity index (χ2n) is 5.48. The topological polar surface area (TPSA) is 114 Å². The lowest BCUT2D eigenvalue weighted by atomic mass is 10.2. The Hall–Kier alpha value is -3.26. The van der Waals surface area contributed by atoms with Gasteiger partial charge in [-0.1, -0.05) is 35.9 Å². The summed E-state index contributed by atoms with van der Waals surface area (Å²) in [6, 6.07) is 12.6. The van der Waals surface area contributed by atoms with Gasteiger partial charge in [0, 0.05) is 30.7 Å². The summed E-state index contributed by atoms with van der Waals surface area (Å²) < 4.78 is 0. The van der Waals surface area contributed by atoms with Crippen molar-refractivity contribution in [2.45, 2.75) is 12.8 Å². The maximum absolute atomic E-state index is 11.9. The monoisotopic (exact) mass is 388 g/mol. The standard InChI is InChI=1S/C18H17ClN4O4/c19-16-8-2-1-7-15(16)18(25)20-10-4-9-17(24)22-21-12-13-5-3-6-14(11-13)23(26)27/h1-3,5-8,11-12H,4,9-10H2,(H,20,25)(H,22,24)/b21-12+. The van der Waals surface area contributed by atoms with Crippen molar-refractivity contribution in [2.24, 2.45) is 5.10 Å². The molecule has 2 amide bonds. The van der Waals surface area contributed by atoms with Gasteiger partial charge in [-0.3, -0.25) is 19.7 Å². The van der Waals surface area contributed by atoms with E-state index in [0.717, 1.165) is 0 Å². The van der Waals surface area contributed by atoms with Crippen molar-refractivity contribution in [1.29, 1.82) is 0 Å². The molecule has 0 aliphatic heterocycles. The fourth-order valence-electron chi connectivity index (χ4n) is 2.14. The van der Waals surface area contributed by atoms with Crippen LogP contribution in [0.5, 0.6) is 0 Å². The molecule has 2 aromatic carbocycles. The van der Waals surface area contributed by atoms with Crippen LogP contribution in [0.3, 0.4) is 0 Å². The molecule has 0 aromatic heterocycles. The van der Waals surface area contributed by atoms with Gasteiger partial charge in [0.1, 0.15) is 0 Å². The molecule has 0 atom stereocenters. The van der Waals surface area contributed by atoms with E-state index in [-0.39, 0.29) is 23.9 Å². The highest BCUT2D eigenvalue weighted by Crippen LogP contribution is 2.14. The third kappa shape index (κ3) is 6.52. The number of nitrogens with zero attached hydrogens (tertiary/aromatic N) is 2. The Bertz CT molecular complexity index is 870.